The predicted octanol–water partition coefficient (Wildman–Crippen LogP) is 5.27. The molecule has 0 bridgehead atoms. The van der Waals surface area contributed by atoms with Gasteiger partial charge in [-0.15, -0.1) is 0 Å². The van der Waals surface area contributed by atoms with Gasteiger partial charge in [-0.3, -0.25) is 4.79 Å². The molecule has 1 amide bonds. The number of anilines is 1. The van der Waals surface area contributed by atoms with Gasteiger partial charge in [0.2, 0.25) is 6.41 Å². The van der Waals surface area contributed by atoms with Crippen molar-refractivity contribution in [2.45, 2.75) is 77.3 Å². The van der Waals surface area contributed by atoms with Gasteiger partial charge in [-0.2, -0.15) is 0 Å². The number of carbonyl (C=O) groups excluding carboxylic acids is 1. The van der Waals surface area contributed by atoms with Crippen molar-refractivity contribution >= 4 is 17.8 Å². The number of rotatable bonds is 7. The number of likely N-dealkylation sites (tertiary alicyclic amines) is 1. The average molecular weight is 386 g/mol. The Morgan fingerprint density at radius 1 is 1.14 bits per heavy atom. The van der Waals surface area contributed by atoms with Gasteiger partial charge in [0, 0.05) is 37.1 Å². The zero-order chi connectivity index (χ0) is 20.4. The van der Waals surface area contributed by atoms with Crippen molar-refractivity contribution < 1.29 is 4.79 Å². The van der Waals surface area contributed by atoms with E-state index in [9.17, 15) is 4.79 Å². The summed E-state index contributed by atoms with van der Waals surface area (Å²) in [5.74, 6) is 0.908. The van der Waals surface area contributed by atoms with Crippen LogP contribution in [0.25, 0.3) is 5.70 Å². The largest absolute Gasteiger partial charge is 0.388 e. The van der Waals surface area contributed by atoms with E-state index in [1.165, 1.54) is 56.3 Å². The van der Waals surface area contributed by atoms with E-state index in [2.05, 4.69) is 60.2 Å². The monoisotopic (exact) mass is 385 g/mol. The van der Waals surface area contributed by atoms with Crippen LogP contribution < -0.4 is 10.6 Å². The fourth-order valence-electron chi connectivity index (χ4n) is 4.58. The summed E-state index contributed by atoms with van der Waals surface area (Å²) in [6.45, 7) is 9.71. The molecular formula is C24H39N3O. The molecule has 2 fully saturated rings. The highest BCUT2D eigenvalue weighted by atomic mass is 16.1. The minimum atomic E-state index is 0.382. The minimum absolute atomic E-state index is 0.382. The van der Waals surface area contributed by atoms with E-state index in [4.69, 9.17) is 0 Å². The van der Waals surface area contributed by atoms with Crippen molar-refractivity contribution in [2.24, 2.45) is 5.92 Å². The van der Waals surface area contributed by atoms with Gasteiger partial charge in [0.25, 0.3) is 0 Å². The van der Waals surface area contributed by atoms with E-state index >= 15 is 0 Å². The number of nitrogens with zero attached hydrogens (tertiary/aromatic N) is 1. The molecule has 2 aliphatic rings. The van der Waals surface area contributed by atoms with Gasteiger partial charge >= 0.3 is 0 Å². The molecular weight excluding hydrogens is 346 g/mol. The lowest BCUT2D eigenvalue weighted by molar-refractivity contribution is -0.110. The van der Waals surface area contributed by atoms with E-state index in [0.29, 0.717) is 6.04 Å². The molecule has 1 aliphatic heterocycles. The summed E-state index contributed by atoms with van der Waals surface area (Å²) < 4.78 is 0. The molecule has 4 nitrogen and oxygen atoms in total. The van der Waals surface area contributed by atoms with Crippen LogP contribution in [0.3, 0.4) is 0 Å². The Morgan fingerprint density at radius 3 is 2.36 bits per heavy atom. The molecule has 1 aliphatic carbocycles. The Morgan fingerprint density at radius 2 is 1.79 bits per heavy atom. The number of fused-ring (bicyclic) bond motifs is 1. The Hall–Kier alpha value is -1.97. The highest BCUT2D eigenvalue weighted by Gasteiger charge is 2.33. The number of benzene rings is 1. The van der Waals surface area contributed by atoms with Crippen LogP contribution in [0.15, 0.2) is 30.8 Å². The summed E-state index contributed by atoms with van der Waals surface area (Å²) in [6.07, 6.45) is 11.2. The number of nitrogens with one attached hydrogen (secondary N) is 2. The van der Waals surface area contributed by atoms with Crippen molar-refractivity contribution in [3.63, 3.8) is 0 Å². The first kappa shape index (κ1) is 22.3. The molecule has 4 heteroatoms. The van der Waals surface area contributed by atoms with Gasteiger partial charge < -0.3 is 15.5 Å². The van der Waals surface area contributed by atoms with Gasteiger partial charge in [-0.05, 0) is 62.1 Å². The quantitative estimate of drug-likeness (QED) is 0.628. The van der Waals surface area contributed by atoms with Gasteiger partial charge in [-0.25, -0.2) is 0 Å². The van der Waals surface area contributed by atoms with Crippen LogP contribution in [0.4, 0.5) is 5.69 Å². The zero-order valence-corrected chi connectivity index (χ0v) is 18.0. The SMILES string of the molecule is C=C(c1ccc(NC)cc1)N1CCCC2CCCCC21.CCC(CC)NC=O. The second kappa shape index (κ2) is 11.8. The van der Waals surface area contributed by atoms with Crippen LogP contribution in [0, 0.1) is 5.92 Å². The first-order valence-corrected chi connectivity index (χ1v) is 11.1. The molecule has 3 rings (SSSR count). The molecule has 1 saturated carbocycles. The van der Waals surface area contributed by atoms with Crippen molar-refractivity contribution in [3.05, 3.63) is 36.4 Å². The predicted molar refractivity (Wildman–Crippen MR) is 120 cm³/mol. The lowest BCUT2D eigenvalue weighted by Gasteiger charge is -2.46. The lowest BCUT2D eigenvalue weighted by Crippen LogP contribution is -2.45. The van der Waals surface area contributed by atoms with E-state index < -0.39 is 0 Å². The first-order chi connectivity index (χ1) is 13.6. The van der Waals surface area contributed by atoms with Gasteiger partial charge in [0.1, 0.15) is 0 Å². The number of hydrogen-bond donors (Lipinski definition) is 2. The lowest BCUT2D eigenvalue weighted by atomic mass is 9.78. The molecule has 0 radical (unpaired) electrons. The molecule has 0 spiro atoms. The van der Waals surface area contributed by atoms with Crippen LogP contribution in [-0.4, -0.2) is 37.0 Å². The maximum atomic E-state index is 9.82. The van der Waals surface area contributed by atoms with Crippen LogP contribution in [0.2, 0.25) is 0 Å². The third-order valence-electron chi connectivity index (χ3n) is 6.39. The summed E-state index contributed by atoms with van der Waals surface area (Å²) in [4.78, 5) is 12.4. The maximum absolute atomic E-state index is 9.82. The number of hydrogen-bond acceptors (Lipinski definition) is 3. The fraction of sp³-hybridized carbons (Fsp3) is 0.625. The van der Waals surface area contributed by atoms with Crippen LogP contribution in [0.1, 0.15) is 70.8 Å². The zero-order valence-electron chi connectivity index (χ0n) is 18.0. The summed E-state index contributed by atoms with van der Waals surface area (Å²) in [5, 5.41) is 5.88. The third-order valence-corrected chi connectivity index (χ3v) is 6.39. The summed E-state index contributed by atoms with van der Waals surface area (Å²) in [7, 11) is 1.96. The Bertz CT molecular complexity index is 592. The van der Waals surface area contributed by atoms with Crippen molar-refractivity contribution in [3.8, 4) is 0 Å². The molecule has 156 valence electrons. The van der Waals surface area contributed by atoms with Crippen LogP contribution in [-0.2, 0) is 4.79 Å². The smallest absolute Gasteiger partial charge is 0.207 e. The van der Waals surface area contributed by atoms with E-state index in [-0.39, 0.29) is 0 Å². The highest BCUT2D eigenvalue weighted by molar-refractivity contribution is 5.64. The standard InChI is InChI=1S/C18H26N2.C6H13NO/c1-14(15-9-11-17(19-2)12-10-15)20-13-5-7-16-6-3-4-8-18(16)20;1-3-6(4-2)7-5-8/h9-12,16,18-19H,1,3-8,13H2,2H3;5-6H,3-4H2,1-2H3,(H,7,8). The van der Waals surface area contributed by atoms with Crippen LogP contribution in [0.5, 0.6) is 0 Å². The third kappa shape index (κ3) is 6.02. The van der Waals surface area contributed by atoms with Crippen LogP contribution >= 0.6 is 0 Å². The second-order valence-corrected chi connectivity index (χ2v) is 8.02. The molecule has 2 atom stereocenters. The molecule has 1 aromatic rings. The minimum Gasteiger partial charge on any atom is -0.388 e. The fourth-order valence-corrected chi connectivity index (χ4v) is 4.58. The van der Waals surface area contributed by atoms with Gasteiger partial charge in [-0.1, -0.05) is 45.4 Å². The Balaban J connectivity index is 0.000000300. The van der Waals surface area contributed by atoms with E-state index in [0.717, 1.165) is 36.9 Å². The van der Waals surface area contributed by atoms with Gasteiger partial charge in [0.05, 0.1) is 0 Å². The van der Waals surface area contributed by atoms with Gasteiger partial charge in [0.15, 0.2) is 0 Å². The Labute approximate surface area is 171 Å². The molecule has 1 saturated heterocycles. The summed E-state index contributed by atoms with van der Waals surface area (Å²) in [5.41, 5.74) is 3.66. The number of piperidine rings is 1. The second-order valence-electron chi connectivity index (χ2n) is 8.02. The van der Waals surface area contributed by atoms with Crippen molar-refractivity contribution in [1.29, 1.82) is 0 Å². The molecule has 2 unspecified atom stereocenters. The number of amides is 1. The topological polar surface area (TPSA) is 44.4 Å². The van der Waals surface area contributed by atoms with E-state index in [1.54, 1.807) is 0 Å². The summed E-state index contributed by atoms with van der Waals surface area (Å²) in [6, 6.07) is 9.80. The molecule has 2 N–H and O–H groups in total. The summed E-state index contributed by atoms with van der Waals surface area (Å²) >= 11 is 0. The normalized spacial score (nSPS) is 21.2. The van der Waals surface area contributed by atoms with Crippen molar-refractivity contribution in [1.82, 2.24) is 10.2 Å². The van der Waals surface area contributed by atoms with E-state index in [1.807, 2.05) is 7.05 Å². The molecule has 28 heavy (non-hydrogen) atoms. The molecule has 0 aromatic heterocycles. The van der Waals surface area contributed by atoms with Crippen molar-refractivity contribution in [2.75, 3.05) is 18.9 Å². The first-order valence-electron chi connectivity index (χ1n) is 11.1. The highest BCUT2D eigenvalue weighted by Crippen LogP contribution is 2.38. The molecule has 1 heterocycles. The maximum Gasteiger partial charge on any atom is 0.207 e. The Kier molecular flexibility index (Phi) is 9.39. The number of carbonyl (C=O) groups is 1. The molecule has 1 aromatic carbocycles. The average Bonchev–Trinajstić information content (AvgIpc) is 2.77.